The molecule has 1 aliphatic heterocycles. The number of aromatic nitrogens is 1. The molecule has 7 heteroatoms. The average Bonchev–Trinajstić information content (AvgIpc) is 3.25. The molecule has 2 heterocycles. The molecular formula is C21H22N2O3S2. The largest absolute Gasteiger partial charge is 0.361 e. The van der Waals surface area contributed by atoms with Gasteiger partial charge in [-0.2, -0.15) is 0 Å². The van der Waals surface area contributed by atoms with Crippen LogP contribution in [0.15, 0.2) is 59.6 Å². The summed E-state index contributed by atoms with van der Waals surface area (Å²) in [6.07, 6.45) is 3.37. The number of aromatic amines is 1. The fourth-order valence-electron chi connectivity index (χ4n) is 3.53. The van der Waals surface area contributed by atoms with Gasteiger partial charge in [-0.3, -0.25) is 4.79 Å². The molecule has 0 aliphatic carbocycles. The number of hydrogen-bond acceptors (Lipinski definition) is 4. The summed E-state index contributed by atoms with van der Waals surface area (Å²) in [5.74, 6) is 0.307. The third kappa shape index (κ3) is 4.25. The lowest BCUT2D eigenvalue weighted by molar-refractivity contribution is 0.0951. The second-order valence-corrected chi connectivity index (χ2v) is 10.6. The highest BCUT2D eigenvalue weighted by atomic mass is 32.2. The quantitative estimate of drug-likeness (QED) is 0.648. The topological polar surface area (TPSA) is 79.0 Å². The van der Waals surface area contributed by atoms with Crippen molar-refractivity contribution >= 4 is 38.4 Å². The van der Waals surface area contributed by atoms with Crippen molar-refractivity contribution in [1.29, 1.82) is 0 Å². The Labute approximate surface area is 168 Å². The highest BCUT2D eigenvalue weighted by molar-refractivity contribution is 8.02. The molecule has 5 nitrogen and oxygen atoms in total. The van der Waals surface area contributed by atoms with E-state index >= 15 is 0 Å². The monoisotopic (exact) mass is 414 g/mol. The molecule has 2 aromatic carbocycles. The minimum atomic E-state index is -2.93. The molecule has 0 bridgehead atoms. The number of nitrogens with one attached hydrogen (secondary N) is 2. The number of rotatable bonds is 6. The van der Waals surface area contributed by atoms with Gasteiger partial charge in [0.05, 0.1) is 17.1 Å². The Kier molecular flexibility index (Phi) is 5.46. The SMILES string of the molecule is O=C(NCCc1c[nH]c2ccccc12)c1ccccc1SC1CCS(=O)(=O)C1. The zero-order valence-corrected chi connectivity index (χ0v) is 17.0. The lowest BCUT2D eigenvalue weighted by Gasteiger charge is -2.12. The Morgan fingerprint density at radius 1 is 1.14 bits per heavy atom. The second kappa shape index (κ2) is 8.01. The molecular weight excluding hydrogens is 392 g/mol. The highest BCUT2D eigenvalue weighted by Gasteiger charge is 2.29. The summed E-state index contributed by atoms with van der Waals surface area (Å²) in [7, 11) is -2.93. The number of thioether (sulfide) groups is 1. The number of amides is 1. The number of H-pyrrole nitrogens is 1. The van der Waals surface area contributed by atoms with E-state index in [0.717, 1.165) is 16.8 Å². The van der Waals surface area contributed by atoms with E-state index in [-0.39, 0.29) is 22.7 Å². The Hall–Kier alpha value is -2.25. The third-order valence-electron chi connectivity index (χ3n) is 4.97. The molecule has 1 fully saturated rings. The van der Waals surface area contributed by atoms with Crippen LogP contribution in [-0.4, -0.2) is 42.6 Å². The minimum Gasteiger partial charge on any atom is -0.361 e. The summed E-state index contributed by atoms with van der Waals surface area (Å²) in [6, 6.07) is 15.5. The fourth-order valence-corrected chi connectivity index (χ4v) is 7.16. The number of carbonyl (C=O) groups is 1. The van der Waals surface area contributed by atoms with Crippen molar-refractivity contribution in [2.24, 2.45) is 0 Å². The summed E-state index contributed by atoms with van der Waals surface area (Å²) in [5, 5.41) is 4.19. The lowest BCUT2D eigenvalue weighted by Crippen LogP contribution is -2.26. The van der Waals surface area contributed by atoms with Crippen molar-refractivity contribution in [1.82, 2.24) is 10.3 Å². The van der Waals surface area contributed by atoms with Gasteiger partial charge in [-0.15, -0.1) is 11.8 Å². The first-order valence-electron chi connectivity index (χ1n) is 9.31. The van der Waals surface area contributed by atoms with Gasteiger partial charge in [0.25, 0.3) is 5.91 Å². The highest BCUT2D eigenvalue weighted by Crippen LogP contribution is 2.33. The van der Waals surface area contributed by atoms with Crippen LogP contribution in [0.3, 0.4) is 0 Å². The smallest absolute Gasteiger partial charge is 0.252 e. The van der Waals surface area contributed by atoms with Gasteiger partial charge in [0.15, 0.2) is 9.84 Å². The molecule has 1 unspecified atom stereocenters. The van der Waals surface area contributed by atoms with Crippen LogP contribution in [-0.2, 0) is 16.3 Å². The lowest BCUT2D eigenvalue weighted by atomic mass is 10.1. The number of sulfone groups is 1. The van der Waals surface area contributed by atoms with Crippen LogP contribution in [0.1, 0.15) is 22.3 Å². The van der Waals surface area contributed by atoms with Crippen LogP contribution in [0, 0.1) is 0 Å². The van der Waals surface area contributed by atoms with Gasteiger partial charge in [-0.05, 0) is 36.6 Å². The maximum Gasteiger partial charge on any atom is 0.252 e. The molecule has 1 atom stereocenters. The van der Waals surface area contributed by atoms with E-state index in [9.17, 15) is 13.2 Å². The molecule has 146 valence electrons. The predicted molar refractivity (Wildman–Crippen MR) is 114 cm³/mol. The van der Waals surface area contributed by atoms with E-state index in [4.69, 9.17) is 0 Å². The van der Waals surface area contributed by atoms with Gasteiger partial charge in [-0.1, -0.05) is 30.3 Å². The molecule has 2 N–H and O–H groups in total. The van der Waals surface area contributed by atoms with Crippen molar-refractivity contribution in [3.63, 3.8) is 0 Å². The number of hydrogen-bond donors (Lipinski definition) is 2. The van der Waals surface area contributed by atoms with E-state index in [1.807, 2.05) is 42.6 Å². The maximum absolute atomic E-state index is 12.7. The second-order valence-electron chi connectivity index (χ2n) is 7.00. The summed E-state index contributed by atoms with van der Waals surface area (Å²) < 4.78 is 23.4. The van der Waals surface area contributed by atoms with Crippen LogP contribution in [0.2, 0.25) is 0 Å². The Bertz CT molecular complexity index is 1110. The first-order chi connectivity index (χ1) is 13.5. The Morgan fingerprint density at radius 2 is 1.93 bits per heavy atom. The van der Waals surface area contributed by atoms with Crippen molar-refractivity contribution in [2.75, 3.05) is 18.1 Å². The van der Waals surface area contributed by atoms with Gasteiger partial charge < -0.3 is 10.3 Å². The minimum absolute atomic E-state index is 0.0187. The number of para-hydroxylation sites is 1. The van der Waals surface area contributed by atoms with Crippen molar-refractivity contribution < 1.29 is 13.2 Å². The molecule has 28 heavy (non-hydrogen) atoms. The molecule has 1 amide bonds. The van der Waals surface area contributed by atoms with E-state index in [0.29, 0.717) is 18.5 Å². The predicted octanol–water partition coefficient (Wildman–Crippen LogP) is 3.42. The fraction of sp³-hybridized carbons (Fsp3) is 0.286. The summed E-state index contributed by atoms with van der Waals surface area (Å²) in [5.41, 5.74) is 2.88. The molecule has 0 saturated carbocycles. The van der Waals surface area contributed by atoms with Gasteiger partial charge in [0.1, 0.15) is 0 Å². The normalized spacial score (nSPS) is 18.4. The molecule has 1 saturated heterocycles. The van der Waals surface area contributed by atoms with Crippen LogP contribution in [0.25, 0.3) is 10.9 Å². The van der Waals surface area contributed by atoms with Crippen LogP contribution in [0.4, 0.5) is 0 Å². The molecule has 4 rings (SSSR count). The van der Waals surface area contributed by atoms with Gasteiger partial charge in [-0.25, -0.2) is 8.42 Å². The summed E-state index contributed by atoms with van der Waals surface area (Å²) in [6.45, 7) is 0.539. The maximum atomic E-state index is 12.7. The average molecular weight is 415 g/mol. The van der Waals surface area contributed by atoms with E-state index in [1.54, 1.807) is 6.07 Å². The van der Waals surface area contributed by atoms with E-state index in [1.165, 1.54) is 22.7 Å². The number of carbonyl (C=O) groups excluding carboxylic acids is 1. The Balaban J connectivity index is 1.39. The number of fused-ring (bicyclic) bond motifs is 1. The molecule has 0 radical (unpaired) electrons. The molecule has 1 aromatic heterocycles. The van der Waals surface area contributed by atoms with Crippen LogP contribution < -0.4 is 5.32 Å². The van der Waals surface area contributed by atoms with Crippen molar-refractivity contribution in [3.05, 3.63) is 65.9 Å². The van der Waals surface area contributed by atoms with Crippen LogP contribution in [0.5, 0.6) is 0 Å². The summed E-state index contributed by atoms with van der Waals surface area (Å²) >= 11 is 1.50. The number of benzene rings is 2. The van der Waals surface area contributed by atoms with Crippen molar-refractivity contribution in [3.8, 4) is 0 Å². The molecule has 1 aliphatic rings. The zero-order valence-electron chi connectivity index (χ0n) is 15.4. The third-order valence-corrected chi connectivity index (χ3v) is 8.30. The summed E-state index contributed by atoms with van der Waals surface area (Å²) in [4.78, 5) is 16.8. The van der Waals surface area contributed by atoms with Gasteiger partial charge in [0, 0.05) is 33.8 Å². The first kappa shape index (κ1) is 19.1. The van der Waals surface area contributed by atoms with E-state index in [2.05, 4.69) is 16.4 Å². The molecule has 0 spiro atoms. The van der Waals surface area contributed by atoms with Crippen LogP contribution >= 0.6 is 11.8 Å². The Morgan fingerprint density at radius 3 is 2.75 bits per heavy atom. The van der Waals surface area contributed by atoms with Crippen molar-refractivity contribution in [2.45, 2.75) is 23.0 Å². The van der Waals surface area contributed by atoms with Gasteiger partial charge in [0.2, 0.25) is 0 Å². The van der Waals surface area contributed by atoms with E-state index < -0.39 is 9.84 Å². The molecule has 3 aromatic rings. The van der Waals surface area contributed by atoms with Gasteiger partial charge >= 0.3 is 0 Å². The first-order valence-corrected chi connectivity index (χ1v) is 12.0. The zero-order chi connectivity index (χ0) is 19.6. The standard InChI is InChI=1S/C21H22N2O3S2/c24-21(22-11-9-15-13-23-19-7-3-1-5-17(15)19)18-6-2-4-8-20(18)27-16-10-12-28(25,26)14-16/h1-8,13,16,23H,9-12,14H2,(H,22,24).